The van der Waals surface area contributed by atoms with E-state index < -0.39 is 6.04 Å². The number of aliphatic imine (C=N–C) groups is 1. The normalized spacial score (nSPS) is 19.9. The first-order valence-electron chi connectivity index (χ1n) is 4.21. The quantitative estimate of drug-likeness (QED) is 0.485. The summed E-state index contributed by atoms with van der Waals surface area (Å²) in [6.07, 6.45) is 1.61. The number of hydrogen-bond donors (Lipinski definition) is 0. The lowest BCUT2D eigenvalue weighted by Crippen LogP contribution is -2.19. The number of ether oxygens (including phenoxy) is 1. The molecule has 14 heavy (non-hydrogen) atoms. The molecule has 0 saturated carbocycles. The minimum Gasteiger partial charge on any atom is -0.424 e. The van der Waals surface area contributed by atoms with Gasteiger partial charge in [-0.2, -0.15) is 0 Å². The highest BCUT2D eigenvalue weighted by atomic mass is 35.5. The Labute approximate surface area is 86.4 Å². The molecule has 0 spiro atoms. The van der Waals surface area contributed by atoms with Gasteiger partial charge in [0.05, 0.1) is 0 Å². The standard InChI is InChI=1S/C10H8ClNO2/c1-6-10(13)14-9-3-2-8(11)4-7(9)5-12-6/h2-6H,1H3/t6-/m0/s1. The Morgan fingerprint density at radius 2 is 2.29 bits per heavy atom. The fourth-order valence-corrected chi connectivity index (χ4v) is 1.34. The van der Waals surface area contributed by atoms with Gasteiger partial charge in [0.15, 0.2) is 0 Å². The molecule has 2 rings (SSSR count). The van der Waals surface area contributed by atoms with Crippen molar-refractivity contribution in [2.45, 2.75) is 13.0 Å². The molecule has 0 unspecified atom stereocenters. The minimum absolute atomic E-state index is 0.345. The zero-order valence-electron chi connectivity index (χ0n) is 7.53. The van der Waals surface area contributed by atoms with Crippen molar-refractivity contribution in [2.24, 2.45) is 4.99 Å². The smallest absolute Gasteiger partial charge is 0.335 e. The summed E-state index contributed by atoms with van der Waals surface area (Å²) in [6, 6.07) is 4.60. The fraction of sp³-hybridized carbons (Fsp3) is 0.200. The monoisotopic (exact) mass is 209 g/mol. The van der Waals surface area contributed by atoms with Crippen LogP contribution in [0.1, 0.15) is 12.5 Å². The van der Waals surface area contributed by atoms with Gasteiger partial charge in [-0.05, 0) is 25.1 Å². The maximum absolute atomic E-state index is 11.3. The van der Waals surface area contributed by atoms with Crippen LogP contribution >= 0.6 is 11.6 Å². The molecule has 0 bridgehead atoms. The van der Waals surface area contributed by atoms with Gasteiger partial charge in [-0.25, -0.2) is 4.79 Å². The van der Waals surface area contributed by atoms with Crippen molar-refractivity contribution in [1.29, 1.82) is 0 Å². The van der Waals surface area contributed by atoms with Crippen molar-refractivity contribution in [1.82, 2.24) is 0 Å². The molecule has 0 radical (unpaired) electrons. The first-order chi connectivity index (χ1) is 6.66. The van der Waals surface area contributed by atoms with E-state index in [2.05, 4.69) is 4.99 Å². The van der Waals surface area contributed by atoms with Crippen LogP contribution in [0.3, 0.4) is 0 Å². The van der Waals surface area contributed by atoms with Crippen molar-refractivity contribution >= 4 is 23.8 Å². The van der Waals surface area contributed by atoms with Crippen LogP contribution in [0.15, 0.2) is 23.2 Å². The Kier molecular flexibility index (Phi) is 2.25. The third-order valence-corrected chi connectivity index (χ3v) is 2.20. The van der Waals surface area contributed by atoms with Crippen LogP contribution in [0.5, 0.6) is 5.75 Å². The zero-order chi connectivity index (χ0) is 10.1. The number of benzene rings is 1. The molecule has 4 heteroatoms. The number of hydrogen-bond acceptors (Lipinski definition) is 3. The third-order valence-electron chi connectivity index (χ3n) is 1.96. The molecule has 0 aliphatic carbocycles. The number of esters is 1. The molecule has 72 valence electrons. The second kappa shape index (κ2) is 3.42. The molecule has 3 nitrogen and oxygen atoms in total. The Hall–Kier alpha value is -1.35. The van der Waals surface area contributed by atoms with E-state index in [1.807, 2.05) is 0 Å². The fourth-order valence-electron chi connectivity index (χ4n) is 1.16. The van der Waals surface area contributed by atoms with Crippen LogP contribution in [0.25, 0.3) is 0 Å². The van der Waals surface area contributed by atoms with E-state index >= 15 is 0 Å². The van der Waals surface area contributed by atoms with Gasteiger partial charge >= 0.3 is 5.97 Å². The van der Waals surface area contributed by atoms with Gasteiger partial charge in [-0.15, -0.1) is 0 Å². The van der Waals surface area contributed by atoms with Gasteiger partial charge in [0, 0.05) is 16.8 Å². The van der Waals surface area contributed by atoms with E-state index in [0.29, 0.717) is 10.8 Å². The molecule has 1 heterocycles. The molecule has 0 fully saturated rings. The number of halogens is 1. The first kappa shape index (κ1) is 9.21. The summed E-state index contributed by atoms with van der Waals surface area (Å²) >= 11 is 5.80. The van der Waals surface area contributed by atoms with Gasteiger partial charge in [0.1, 0.15) is 11.8 Å². The maximum Gasteiger partial charge on any atom is 0.335 e. The molecule has 0 N–H and O–H groups in total. The Bertz CT molecular complexity index is 415. The summed E-state index contributed by atoms with van der Waals surface area (Å²) in [5.41, 5.74) is 0.732. The average molecular weight is 210 g/mol. The topological polar surface area (TPSA) is 38.7 Å². The summed E-state index contributed by atoms with van der Waals surface area (Å²) in [5, 5.41) is 0.598. The predicted molar refractivity (Wildman–Crippen MR) is 54.1 cm³/mol. The van der Waals surface area contributed by atoms with Gasteiger partial charge in [-0.3, -0.25) is 4.99 Å². The van der Waals surface area contributed by atoms with E-state index in [0.717, 1.165) is 5.56 Å². The summed E-state index contributed by atoms with van der Waals surface area (Å²) in [7, 11) is 0. The molecular weight excluding hydrogens is 202 g/mol. The second-order valence-corrected chi connectivity index (χ2v) is 3.49. The number of fused-ring (bicyclic) bond motifs is 1. The van der Waals surface area contributed by atoms with E-state index in [4.69, 9.17) is 16.3 Å². The van der Waals surface area contributed by atoms with Crippen LogP contribution in [-0.2, 0) is 4.79 Å². The number of carbonyl (C=O) groups excluding carboxylic acids is 1. The lowest BCUT2D eigenvalue weighted by atomic mass is 10.2. The van der Waals surface area contributed by atoms with Crippen molar-refractivity contribution < 1.29 is 9.53 Å². The molecule has 0 amide bonds. The summed E-state index contributed by atoms with van der Waals surface area (Å²) in [5.74, 6) is 0.162. The highest BCUT2D eigenvalue weighted by Gasteiger charge is 2.18. The van der Waals surface area contributed by atoms with Gasteiger partial charge < -0.3 is 4.74 Å². The number of rotatable bonds is 0. The van der Waals surface area contributed by atoms with Crippen molar-refractivity contribution in [3.63, 3.8) is 0 Å². The average Bonchev–Trinajstić information content (AvgIpc) is 2.29. The highest BCUT2D eigenvalue weighted by molar-refractivity contribution is 6.31. The molecule has 0 saturated heterocycles. The molecule has 1 aromatic rings. The molecule has 1 aliphatic rings. The van der Waals surface area contributed by atoms with Crippen molar-refractivity contribution in [2.75, 3.05) is 0 Å². The molecule has 0 aromatic heterocycles. The van der Waals surface area contributed by atoms with Gasteiger partial charge in [0.2, 0.25) is 0 Å². The van der Waals surface area contributed by atoms with Crippen LogP contribution in [0.2, 0.25) is 5.02 Å². The Morgan fingerprint density at radius 3 is 3.07 bits per heavy atom. The van der Waals surface area contributed by atoms with Crippen molar-refractivity contribution in [3.8, 4) is 5.75 Å². The third kappa shape index (κ3) is 1.63. The van der Waals surface area contributed by atoms with E-state index in [-0.39, 0.29) is 5.97 Å². The molecule has 1 aromatic carbocycles. The largest absolute Gasteiger partial charge is 0.424 e. The predicted octanol–water partition coefficient (Wildman–Crippen LogP) is 2.07. The zero-order valence-corrected chi connectivity index (χ0v) is 8.28. The number of nitrogens with zero attached hydrogens (tertiary/aromatic N) is 1. The SMILES string of the molecule is C[C@@H]1N=Cc2cc(Cl)ccc2OC1=O. The van der Waals surface area contributed by atoms with Gasteiger partial charge in [0.25, 0.3) is 0 Å². The lowest BCUT2D eigenvalue weighted by molar-refractivity contribution is -0.135. The van der Waals surface area contributed by atoms with Crippen LogP contribution < -0.4 is 4.74 Å². The summed E-state index contributed by atoms with van der Waals surface area (Å²) < 4.78 is 5.10. The number of carbonyl (C=O) groups is 1. The summed E-state index contributed by atoms with van der Waals surface area (Å²) in [6.45, 7) is 1.69. The first-order valence-corrected chi connectivity index (χ1v) is 4.59. The summed E-state index contributed by atoms with van der Waals surface area (Å²) in [4.78, 5) is 15.3. The second-order valence-electron chi connectivity index (χ2n) is 3.06. The van der Waals surface area contributed by atoms with E-state index in [1.54, 1.807) is 31.3 Å². The van der Waals surface area contributed by atoms with Crippen molar-refractivity contribution in [3.05, 3.63) is 28.8 Å². The van der Waals surface area contributed by atoms with Crippen LogP contribution in [-0.4, -0.2) is 18.2 Å². The molecule has 1 atom stereocenters. The molecule has 1 aliphatic heterocycles. The van der Waals surface area contributed by atoms with E-state index in [1.165, 1.54) is 0 Å². The Morgan fingerprint density at radius 1 is 1.50 bits per heavy atom. The van der Waals surface area contributed by atoms with Crippen LogP contribution in [0.4, 0.5) is 0 Å². The maximum atomic E-state index is 11.3. The lowest BCUT2D eigenvalue weighted by Gasteiger charge is -2.05. The Balaban J connectivity index is 2.48. The van der Waals surface area contributed by atoms with Crippen LogP contribution in [0, 0.1) is 0 Å². The minimum atomic E-state index is -0.457. The highest BCUT2D eigenvalue weighted by Crippen LogP contribution is 2.23. The van der Waals surface area contributed by atoms with E-state index in [9.17, 15) is 4.79 Å². The molecular formula is C10H8ClNO2. The van der Waals surface area contributed by atoms with Gasteiger partial charge in [-0.1, -0.05) is 11.6 Å².